The van der Waals surface area contributed by atoms with Gasteiger partial charge in [-0.2, -0.15) is 0 Å². The number of carbonyl (C=O) groups is 1. The maximum atomic E-state index is 10.9. The number of rotatable bonds is 3. The van der Waals surface area contributed by atoms with Crippen LogP contribution >= 0.6 is 23.1 Å². The van der Waals surface area contributed by atoms with Crippen LogP contribution in [0.5, 0.6) is 0 Å². The van der Waals surface area contributed by atoms with Crippen molar-refractivity contribution in [2.75, 3.05) is 0 Å². The van der Waals surface area contributed by atoms with Crippen molar-refractivity contribution in [2.45, 2.75) is 16.4 Å². The summed E-state index contributed by atoms with van der Waals surface area (Å²) in [6, 6.07) is 3.41. The van der Waals surface area contributed by atoms with E-state index in [1.807, 2.05) is 0 Å². The van der Waals surface area contributed by atoms with Gasteiger partial charge in [-0.05, 0) is 23.9 Å². The summed E-state index contributed by atoms with van der Waals surface area (Å²) in [6.07, 6.45) is 0. The van der Waals surface area contributed by atoms with Crippen molar-refractivity contribution in [3.8, 4) is 0 Å². The summed E-state index contributed by atoms with van der Waals surface area (Å²) in [5.74, 6) is 0.297. The Hall–Kier alpha value is -1.14. The highest BCUT2D eigenvalue weighted by Gasteiger charge is 2.08. The molecule has 0 aliphatic carbocycles. The Kier molecular flexibility index (Phi) is 2.64. The molecule has 0 aliphatic rings. The molecule has 0 bridgehead atoms. The quantitative estimate of drug-likeness (QED) is 0.752. The van der Waals surface area contributed by atoms with Gasteiger partial charge in [0.15, 0.2) is 21.0 Å². The fraction of sp³-hybridized carbons (Fsp3) is 0.125. The fourth-order valence-corrected chi connectivity index (χ4v) is 2.23. The first-order valence-corrected chi connectivity index (χ1v) is 5.50. The second-order valence-corrected chi connectivity index (χ2v) is 4.57. The molecule has 0 aromatic carbocycles. The molecular formula is C8H6N2O2S2. The molecule has 2 aromatic rings. The average molecular weight is 226 g/mol. The number of furan rings is 1. The van der Waals surface area contributed by atoms with Crippen LogP contribution < -0.4 is 0 Å². The number of nitrogens with zero attached hydrogens (tertiary/aromatic N) is 2. The maximum absolute atomic E-state index is 10.9. The van der Waals surface area contributed by atoms with Gasteiger partial charge in [0.05, 0.1) is 0 Å². The van der Waals surface area contributed by atoms with E-state index in [2.05, 4.69) is 10.2 Å². The highest BCUT2D eigenvalue weighted by molar-refractivity contribution is 8.00. The summed E-state index contributed by atoms with van der Waals surface area (Å²) >= 11 is 2.79. The number of carbonyl (C=O) groups excluding carboxylic acids is 1. The van der Waals surface area contributed by atoms with E-state index >= 15 is 0 Å². The predicted molar refractivity (Wildman–Crippen MR) is 52.7 cm³/mol. The number of Topliss-reactive ketones (excluding diaryl/α,β-unsaturated/α-hetero) is 1. The second-order valence-electron chi connectivity index (χ2n) is 2.48. The van der Waals surface area contributed by atoms with Crippen LogP contribution in [0, 0.1) is 0 Å². The molecule has 0 spiro atoms. The van der Waals surface area contributed by atoms with E-state index in [4.69, 9.17) is 4.42 Å². The zero-order valence-electron chi connectivity index (χ0n) is 7.26. The van der Waals surface area contributed by atoms with E-state index in [0.29, 0.717) is 10.9 Å². The molecule has 0 saturated heterocycles. The van der Waals surface area contributed by atoms with Gasteiger partial charge >= 0.3 is 0 Å². The minimum absolute atomic E-state index is 0.0749. The van der Waals surface area contributed by atoms with Crippen molar-refractivity contribution in [3.05, 3.63) is 23.4 Å². The van der Waals surface area contributed by atoms with Crippen molar-refractivity contribution < 1.29 is 9.21 Å². The SMILES string of the molecule is CC(=O)c1ccc(Sc2nncs2)o1. The molecular weight excluding hydrogens is 220 g/mol. The summed E-state index contributed by atoms with van der Waals surface area (Å²) in [5, 5.41) is 8.21. The van der Waals surface area contributed by atoms with E-state index in [-0.39, 0.29) is 5.78 Å². The molecule has 0 amide bonds. The van der Waals surface area contributed by atoms with Crippen molar-refractivity contribution in [1.82, 2.24) is 10.2 Å². The molecule has 0 N–H and O–H groups in total. The van der Waals surface area contributed by atoms with Crippen molar-refractivity contribution in [3.63, 3.8) is 0 Å². The summed E-state index contributed by atoms with van der Waals surface area (Å²) < 4.78 is 6.07. The van der Waals surface area contributed by atoms with Crippen LogP contribution in [0.3, 0.4) is 0 Å². The Morgan fingerprint density at radius 3 is 3.00 bits per heavy atom. The van der Waals surface area contributed by atoms with Crippen LogP contribution in [0.15, 0.2) is 31.5 Å². The first-order chi connectivity index (χ1) is 6.75. The van der Waals surface area contributed by atoms with Crippen LogP contribution in [0.25, 0.3) is 0 Å². The second kappa shape index (κ2) is 3.93. The molecule has 2 heterocycles. The monoisotopic (exact) mass is 226 g/mol. The number of aromatic nitrogens is 2. The lowest BCUT2D eigenvalue weighted by molar-refractivity contribution is 0.0982. The van der Waals surface area contributed by atoms with Crippen molar-refractivity contribution in [2.24, 2.45) is 0 Å². The minimum atomic E-state index is -0.0749. The van der Waals surface area contributed by atoms with Crippen molar-refractivity contribution in [1.29, 1.82) is 0 Å². The van der Waals surface area contributed by atoms with Crippen LogP contribution in [0.4, 0.5) is 0 Å². The Balaban J connectivity index is 2.14. The van der Waals surface area contributed by atoms with Crippen LogP contribution in [0.1, 0.15) is 17.5 Å². The minimum Gasteiger partial charge on any atom is -0.446 e. The first kappa shape index (κ1) is 9.42. The third-order valence-electron chi connectivity index (χ3n) is 1.46. The zero-order valence-corrected chi connectivity index (χ0v) is 8.89. The zero-order chi connectivity index (χ0) is 9.97. The summed E-state index contributed by atoms with van der Waals surface area (Å²) in [4.78, 5) is 10.9. The van der Waals surface area contributed by atoms with E-state index in [1.54, 1.807) is 17.6 Å². The van der Waals surface area contributed by atoms with Gasteiger partial charge in [-0.25, -0.2) is 0 Å². The lowest BCUT2D eigenvalue weighted by atomic mass is 10.3. The first-order valence-electron chi connectivity index (χ1n) is 3.80. The Morgan fingerprint density at radius 2 is 2.43 bits per heavy atom. The van der Waals surface area contributed by atoms with Gasteiger partial charge in [-0.3, -0.25) is 4.79 Å². The molecule has 4 nitrogen and oxygen atoms in total. The normalized spacial score (nSPS) is 10.4. The average Bonchev–Trinajstić information content (AvgIpc) is 2.75. The molecule has 0 aliphatic heterocycles. The molecule has 0 fully saturated rings. The van der Waals surface area contributed by atoms with E-state index in [0.717, 1.165) is 4.34 Å². The van der Waals surface area contributed by atoms with Gasteiger partial charge in [-0.1, -0.05) is 11.3 Å². The fourth-order valence-electron chi connectivity index (χ4n) is 0.858. The van der Waals surface area contributed by atoms with E-state index in [1.165, 1.54) is 30.0 Å². The summed E-state index contributed by atoms with van der Waals surface area (Å²) in [5.41, 5.74) is 1.65. The molecule has 6 heteroatoms. The molecule has 0 atom stereocenters. The molecule has 0 saturated carbocycles. The summed E-state index contributed by atoms with van der Waals surface area (Å²) in [7, 11) is 0. The highest BCUT2D eigenvalue weighted by Crippen LogP contribution is 2.29. The molecule has 72 valence electrons. The lowest BCUT2D eigenvalue weighted by Crippen LogP contribution is -1.85. The highest BCUT2D eigenvalue weighted by atomic mass is 32.2. The molecule has 0 unspecified atom stereocenters. The topological polar surface area (TPSA) is 56.0 Å². The number of hydrogen-bond acceptors (Lipinski definition) is 6. The Morgan fingerprint density at radius 1 is 1.57 bits per heavy atom. The molecule has 14 heavy (non-hydrogen) atoms. The Bertz CT molecular complexity index is 436. The van der Waals surface area contributed by atoms with E-state index in [9.17, 15) is 4.79 Å². The molecule has 0 radical (unpaired) electrons. The lowest BCUT2D eigenvalue weighted by Gasteiger charge is -1.89. The number of ketones is 1. The Labute approximate surface area is 88.3 Å². The van der Waals surface area contributed by atoms with Gasteiger partial charge in [0.2, 0.25) is 0 Å². The smallest absolute Gasteiger partial charge is 0.194 e. The van der Waals surface area contributed by atoms with Gasteiger partial charge < -0.3 is 4.42 Å². The maximum Gasteiger partial charge on any atom is 0.194 e. The largest absolute Gasteiger partial charge is 0.446 e. The van der Waals surface area contributed by atoms with Gasteiger partial charge in [0.25, 0.3) is 0 Å². The molecule has 2 aromatic heterocycles. The standard InChI is InChI=1S/C8H6N2O2S2/c1-5(11)6-2-3-7(12-6)14-8-10-9-4-13-8/h2-4H,1H3. The third-order valence-corrected chi connectivity index (χ3v) is 3.15. The van der Waals surface area contributed by atoms with Crippen LogP contribution in [-0.2, 0) is 0 Å². The molecule has 2 rings (SSSR count). The van der Waals surface area contributed by atoms with E-state index < -0.39 is 0 Å². The van der Waals surface area contributed by atoms with Gasteiger partial charge in [-0.15, -0.1) is 10.2 Å². The van der Waals surface area contributed by atoms with Gasteiger partial charge in [0.1, 0.15) is 5.51 Å². The number of hydrogen-bond donors (Lipinski definition) is 0. The van der Waals surface area contributed by atoms with Crippen molar-refractivity contribution >= 4 is 28.9 Å². The van der Waals surface area contributed by atoms with Crippen LogP contribution in [0.2, 0.25) is 0 Å². The predicted octanol–water partition coefficient (Wildman–Crippen LogP) is 2.48. The van der Waals surface area contributed by atoms with Gasteiger partial charge in [0, 0.05) is 6.92 Å². The third kappa shape index (κ3) is 2.02. The van der Waals surface area contributed by atoms with Crippen LogP contribution in [-0.4, -0.2) is 16.0 Å². The summed E-state index contributed by atoms with van der Waals surface area (Å²) in [6.45, 7) is 1.47.